The van der Waals surface area contributed by atoms with Crippen molar-refractivity contribution in [2.24, 2.45) is 0 Å². The zero-order chi connectivity index (χ0) is 31.7. The van der Waals surface area contributed by atoms with Crippen LogP contribution in [0.4, 0.5) is 21.0 Å². The maximum Gasteiger partial charge on any atom is 0.410 e. The first kappa shape index (κ1) is 30.3. The number of benzene rings is 2. The second-order valence-corrected chi connectivity index (χ2v) is 13.8. The van der Waals surface area contributed by atoms with Gasteiger partial charge < -0.3 is 24.3 Å². The van der Waals surface area contributed by atoms with Gasteiger partial charge in [0.2, 0.25) is 5.95 Å². The Labute approximate surface area is 262 Å². The molecule has 0 radical (unpaired) electrons. The number of carbonyl (C=O) groups is 1. The van der Waals surface area contributed by atoms with Crippen molar-refractivity contribution in [1.29, 1.82) is 0 Å². The molecule has 0 bridgehead atoms. The summed E-state index contributed by atoms with van der Waals surface area (Å²) >= 11 is 6.95. The Morgan fingerprint density at radius 1 is 1.07 bits per heavy atom. The number of anilines is 2. The van der Waals surface area contributed by atoms with Gasteiger partial charge in [-0.05, 0) is 73.3 Å². The van der Waals surface area contributed by atoms with Crippen molar-refractivity contribution in [2.45, 2.75) is 65.3 Å². The van der Waals surface area contributed by atoms with Crippen molar-refractivity contribution < 1.29 is 13.9 Å². The molecule has 6 rings (SSSR count). The van der Waals surface area contributed by atoms with Gasteiger partial charge in [-0.3, -0.25) is 5.10 Å². The maximum atomic E-state index is 16.9. The molecule has 2 saturated heterocycles. The van der Waals surface area contributed by atoms with Crippen LogP contribution in [0.5, 0.6) is 0 Å². The number of aromatic amines is 1. The van der Waals surface area contributed by atoms with Gasteiger partial charge in [-0.2, -0.15) is 10.1 Å². The first-order valence-electron chi connectivity index (χ1n) is 15.0. The lowest BCUT2D eigenvalue weighted by atomic mass is 9.95. The average molecular weight is 623 g/mol. The average Bonchev–Trinajstić information content (AvgIpc) is 3.38. The highest BCUT2D eigenvalue weighted by atomic mass is 35.5. The zero-order valence-corrected chi connectivity index (χ0v) is 27.3. The molecule has 2 aromatic heterocycles. The molecule has 1 amide bonds. The van der Waals surface area contributed by atoms with Gasteiger partial charge in [-0.15, -0.1) is 0 Å². The lowest BCUT2D eigenvalue weighted by molar-refractivity contribution is 0.0130. The minimum Gasteiger partial charge on any atom is -0.444 e. The van der Waals surface area contributed by atoms with Crippen LogP contribution in [0.3, 0.4) is 0 Å². The van der Waals surface area contributed by atoms with Crippen LogP contribution in [-0.4, -0.2) is 100 Å². The number of hydrogen-bond donors (Lipinski definition) is 1. The number of carbonyl (C=O) groups excluding carboxylic acids is 1. The van der Waals surface area contributed by atoms with Gasteiger partial charge in [0, 0.05) is 66.2 Å². The van der Waals surface area contributed by atoms with Gasteiger partial charge in [0.1, 0.15) is 16.9 Å². The number of fused-ring (bicyclic) bond motifs is 2. The highest BCUT2D eigenvalue weighted by Crippen LogP contribution is 2.43. The summed E-state index contributed by atoms with van der Waals surface area (Å²) in [5, 5.41) is 8.76. The highest BCUT2D eigenvalue weighted by molar-refractivity contribution is 6.35. The Bertz CT molecular complexity index is 1750. The number of hydrogen-bond acceptors (Lipinski definition) is 8. The summed E-state index contributed by atoms with van der Waals surface area (Å²) in [5.41, 5.74) is 2.28. The SMILES string of the molecule is Cc1ccc2[nH]ncc2c1-c1c(Cl)cc2c(N3CC(C)N(C(=O)OC(C)(C)C)CC3C)nc(N3CC(N(C)C)C3)nc2c1F. The summed E-state index contributed by atoms with van der Waals surface area (Å²) in [6, 6.07) is 5.71. The molecule has 10 nitrogen and oxygen atoms in total. The van der Waals surface area contributed by atoms with E-state index in [1.807, 2.05) is 53.7 Å². The van der Waals surface area contributed by atoms with E-state index in [4.69, 9.17) is 26.3 Å². The normalized spacial score (nSPS) is 19.8. The molecule has 2 fully saturated rings. The Morgan fingerprint density at radius 3 is 2.48 bits per heavy atom. The molecule has 234 valence electrons. The molecule has 2 aliphatic heterocycles. The van der Waals surface area contributed by atoms with E-state index in [0.29, 0.717) is 47.4 Å². The molecule has 44 heavy (non-hydrogen) atoms. The van der Waals surface area contributed by atoms with Crippen LogP contribution in [0.25, 0.3) is 32.9 Å². The molecule has 0 aliphatic carbocycles. The fourth-order valence-corrected chi connectivity index (χ4v) is 6.44. The number of aryl methyl sites for hydroxylation is 1. The van der Waals surface area contributed by atoms with Gasteiger partial charge in [-0.25, -0.2) is 14.2 Å². The summed E-state index contributed by atoms with van der Waals surface area (Å²) in [6.45, 7) is 14.0. The van der Waals surface area contributed by atoms with Crippen LogP contribution >= 0.6 is 11.6 Å². The van der Waals surface area contributed by atoms with Crippen molar-refractivity contribution in [3.8, 4) is 11.1 Å². The Kier molecular flexibility index (Phi) is 7.60. The summed E-state index contributed by atoms with van der Waals surface area (Å²) in [6.07, 6.45) is 1.35. The summed E-state index contributed by atoms with van der Waals surface area (Å²) in [4.78, 5) is 31.1. The number of amides is 1. The number of likely N-dealkylation sites (N-methyl/N-ethyl adjacent to an activating group) is 1. The molecule has 2 aliphatic rings. The van der Waals surface area contributed by atoms with Crippen LogP contribution in [0.15, 0.2) is 24.4 Å². The van der Waals surface area contributed by atoms with Gasteiger partial charge in [0.25, 0.3) is 0 Å². The molecule has 4 heterocycles. The topological polar surface area (TPSA) is 93.7 Å². The van der Waals surface area contributed by atoms with Crippen LogP contribution in [0, 0.1) is 12.7 Å². The zero-order valence-electron chi connectivity index (χ0n) is 26.6. The third kappa shape index (κ3) is 5.30. The lowest BCUT2D eigenvalue weighted by Gasteiger charge is -2.46. The van der Waals surface area contributed by atoms with E-state index < -0.39 is 11.4 Å². The molecule has 0 saturated carbocycles. The quantitative estimate of drug-likeness (QED) is 0.303. The molecule has 2 aromatic carbocycles. The van der Waals surface area contributed by atoms with Crippen molar-refractivity contribution in [2.75, 3.05) is 50.1 Å². The molecule has 2 unspecified atom stereocenters. The monoisotopic (exact) mass is 622 g/mol. The number of H-pyrrole nitrogens is 1. The number of nitrogens with one attached hydrogen (secondary N) is 1. The first-order chi connectivity index (χ1) is 20.7. The predicted octanol–water partition coefficient (Wildman–Crippen LogP) is 5.86. The molecule has 1 N–H and O–H groups in total. The third-order valence-corrected chi connectivity index (χ3v) is 8.99. The van der Waals surface area contributed by atoms with Crippen LogP contribution in [0.1, 0.15) is 40.2 Å². The highest BCUT2D eigenvalue weighted by Gasteiger charge is 2.38. The minimum absolute atomic E-state index is 0.126. The number of ether oxygens (including phenoxy) is 1. The second kappa shape index (κ2) is 11.0. The fraction of sp³-hybridized carbons (Fsp3) is 0.500. The van der Waals surface area contributed by atoms with Gasteiger partial charge >= 0.3 is 6.09 Å². The minimum atomic E-state index is -0.596. The number of rotatable bonds is 4. The molecule has 4 aromatic rings. The lowest BCUT2D eigenvalue weighted by Crippen LogP contribution is -2.59. The van der Waals surface area contributed by atoms with Gasteiger partial charge in [-0.1, -0.05) is 17.7 Å². The Morgan fingerprint density at radius 2 is 1.80 bits per heavy atom. The first-order valence-corrected chi connectivity index (χ1v) is 15.4. The molecule has 12 heteroatoms. The smallest absolute Gasteiger partial charge is 0.410 e. The largest absolute Gasteiger partial charge is 0.444 e. The van der Waals surface area contributed by atoms with E-state index in [9.17, 15) is 4.79 Å². The molecule has 0 spiro atoms. The second-order valence-electron chi connectivity index (χ2n) is 13.4. The Hall–Kier alpha value is -3.70. The third-order valence-electron chi connectivity index (χ3n) is 8.69. The van der Waals surface area contributed by atoms with E-state index >= 15 is 4.39 Å². The van der Waals surface area contributed by atoms with Crippen LogP contribution in [0.2, 0.25) is 5.02 Å². The fourth-order valence-electron chi connectivity index (χ4n) is 6.16. The number of nitrogens with zero attached hydrogens (tertiary/aromatic N) is 7. The van der Waals surface area contributed by atoms with E-state index in [1.165, 1.54) is 0 Å². The Balaban J connectivity index is 1.48. The van der Waals surface area contributed by atoms with Crippen molar-refractivity contribution in [3.63, 3.8) is 0 Å². The van der Waals surface area contributed by atoms with Gasteiger partial charge in [0.05, 0.1) is 16.7 Å². The van der Waals surface area contributed by atoms with Crippen LogP contribution in [-0.2, 0) is 4.74 Å². The van der Waals surface area contributed by atoms with Crippen molar-refractivity contribution in [3.05, 3.63) is 40.8 Å². The summed E-state index contributed by atoms with van der Waals surface area (Å²) in [7, 11) is 4.10. The standard InChI is InChI=1S/C32H40ClFN8O2/c1-17-9-10-24-22(12-35-38-24)25(17)26-23(33)11-21-28(27(26)34)36-30(40-15-20(16-40)39(7)8)37-29(21)41-13-19(3)42(14-18(41)2)31(43)44-32(4,5)6/h9-12,18-20H,13-16H2,1-8H3,(H,35,38). The summed E-state index contributed by atoms with van der Waals surface area (Å²) in [5.74, 6) is 0.587. The van der Waals surface area contributed by atoms with E-state index in [0.717, 1.165) is 29.6 Å². The number of aromatic nitrogens is 4. The van der Waals surface area contributed by atoms with Crippen molar-refractivity contribution >= 4 is 51.3 Å². The predicted molar refractivity (Wildman–Crippen MR) is 173 cm³/mol. The summed E-state index contributed by atoms with van der Waals surface area (Å²) < 4.78 is 22.6. The van der Waals surface area contributed by atoms with E-state index in [1.54, 1.807) is 17.2 Å². The maximum absolute atomic E-state index is 16.9. The van der Waals surface area contributed by atoms with Crippen molar-refractivity contribution in [1.82, 2.24) is 30.0 Å². The number of halogens is 2. The van der Waals surface area contributed by atoms with E-state index in [2.05, 4.69) is 39.0 Å². The molecular weight excluding hydrogens is 583 g/mol. The molecule has 2 atom stereocenters. The van der Waals surface area contributed by atoms with Crippen LogP contribution < -0.4 is 9.80 Å². The molecular formula is C32H40ClFN8O2. The van der Waals surface area contributed by atoms with Gasteiger partial charge in [0.15, 0.2) is 5.82 Å². The van der Waals surface area contributed by atoms with E-state index in [-0.39, 0.29) is 28.7 Å². The number of piperazine rings is 1.